The number of nitrogens with zero attached hydrogens (tertiary/aromatic N) is 1. The topological polar surface area (TPSA) is 49.8 Å². The van der Waals surface area contributed by atoms with Crippen LogP contribution < -0.4 is 0 Å². The number of carbonyl (C=O) groups is 1. The molecule has 2 heterocycles. The summed E-state index contributed by atoms with van der Waals surface area (Å²) in [5.41, 5.74) is -0.507. The largest absolute Gasteiger partial charge is 0.481 e. The Labute approximate surface area is 103 Å². The second-order valence-electron chi connectivity index (χ2n) is 5.76. The minimum Gasteiger partial charge on any atom is -0.481 e. The van der Waals surface area contributed by atoms with Crippen LogP contribution in [0.5, 0.6) is 0 Å². The molecule has 2 aliphatic heterocycles. The molecule has 2 fully saturated rings. The van der Waals surface area contributed by atoms with Crippen molar-refractivity contribution in [2.24, 2.45) is 5.41 Å². The summed E-state index contributed by atoms with van der Waals surface area (Å²) in [7, 11) is 0. The molecule has 0 aromatic carbocycles. The van der Waals surface area contributed by atoms with E-state index in [-0.39, 0.29) is 0 Å². The summed E-state index contributed by atoms with van der Waals surface area (Å²) in [6, 6.07) is 0.595. The average Bonchev–Trinajstić information content (AvgIpc) is 2.30. The fourth-order valence-electron chi connectivity index (χ4n) is 2.90. The van der Waals surface area contributed by atoms with Gasteiger partial charge in [0.1, 0.15) is 0 Å². The number of aliphatic carboxylic acids is 1. The third kappa shape index (κ3) is 2.80. The summed E-state index contributed by atoms with van der Waals surface area (Å²) in [4.78, 5) is 13.6. The van der Waals surface area contributed by atoms with Crippen molar-refractivity contribution in [3.63, 3.8) is 0 Å². The molecular weight excluding hydrogens is 218 g/mol. The molecule has 0 aromatic heterocycles. The molecule has 2 rings (SSSR count). The fourth-order valence-corrected chi connectivity index (χ4v) is 2.90. The van der Waals surface area contributed by atoms with Crippen LogP contribution in [0.2, 0.25) is 0 Å². The van der Waals surface area contributed by atoms with Crippen molar-refractivity contribution in [3.05, 3.63) is 0 Å². The zero-order valence-electron chi connectivity index (χ0n) is 10.8. The molecule has 0 aromatic rings. The highest BCUT2D eigenvalue weighted by atomic mass is 16.5. The highest BCUT2D eigenvalue weighted by Gasteiger charge is 2.39. The van der Waals surface area contributed by atoms with Gasteiger partial charge in [-0.1, -0.05) is 0 Å². The number of carboxylic acid groups (broad SMARTS) is 1. The monoisotopic (exact) mass is 241 g/mol. The van der Waals surface area contributed by atoms with Gasteiger partial charge in [-0.2, -0.15) is 0 Å². The van der Waals surface area contributed by atoms with Gasteiger partial charge >= 0.3 is 5.97 Å². The van der Waals surface area contributed by atoms with E-state index in [0.717, 1.165) is 45.4 Å². The van der Waals surface area contributed by atoms with Gasteiger partial charge in [-0.05, 0) is 52.6 Å². The Balaban J connectivity index is 1.88. The van der Waals surface area contributed by atoms with E-state index in [1.165, 1.54) is 0 Å². The summed E-state index contributed by atoms with van der Waals surface area (Å²) in [5, 5.41) is 9.20. The van der Waals surface area contributed by atoms with Crippen LogP contribution in [0, 0.1) is 5.41 Å². The molecule has 0 aliphatic carbocycles. The number of hydrogen-bond donors (Lipinski definition) is 1. The molecule has 2 aliphatic rings. The minimum atomic E-state index is -0.641. The number of rotatable bonds is 2. The van der Waals surface area contributed by atoms with Gasteiger partial charge in [0.2, 0.25) is 0 Å². The van der Waals surface area contributed by atoms with Crippen molar-refractivity contribution >= 4 is 5.97 Å². The minimum absolute atomic E-state index is 0.349. The van der Waals surface area contributed by atoms with E-state index in [2.05, 4.69) is 11.8 Å². The lowest BCUT2D eigenvalue weighted by Gasteiger charge is -2.42. The smallest absolute Gasteiger partial charge is 0.309 e. The van der Waals surface area contributed by atoms with E-state index in [9.17, 15) is 9.90 Å². The maximum absolute atomic E-state index is 11.2. The summed E-state index contributed by atoms with van der Waals surface area (Å²) in [6.45, 7) is 6.68. The van der Waals surface area contributed by atoms with Crippen LogP contribution in [0.15, 0.2) is 0 Å². The Hall–Kier alpha value is -0.610. The van der Waals surface area contributed by atoms with Crippen LogP contribution in [-0.4, -0.2) is 47.8 Å². The maximum Gasteiger partial charge on any atom is 0.309 e. The summed E-state index contributed by atoms with van der Waals surface area (Å²) in [6.07, 6.45) is 4.07. The van der Waals surface area contributed by atoms with Gasteiger partial charge in [-0.3, -0.25) is 4.79 Å². The molecular formula is C13H23NO3. The number of piperidine rings is 1. The normalized spacial score (nSPS) is 34.5. The van der Waals surface area contributed by atoms with Crippen molar-refractivity contribution in [1.29, 1.82) is 0 Å². The first kappa shape index (κ1) is 12.8. The van der Waals surface area contributed by atoms with Crippen molar-refractivity contribution in [1.82, 2.24) is 4.90 Å². The molecule has 2 atom stereocenters. The van der Waals surface area contributed by atoms with Crippen LogP contribution in [0.1, 0.15) is 39.5 Å². The van der Waals surface area contributed by atoms with E-state index in [1.54, 1.807) is 0 Å². The first-order valence-electron chi connectivity index (χ1n) is 6.60. The molecule has 2 unspecified atom stereocenters. The molecule has 17 heavy (non-hydrogen) atoms. The Morgan fingerprint density at radius 1 is 1.41 bits per heavy atom. The van der Waals surface area contributed by atoms with E-state index in [0.29, 0.717) is 12.1 Å². The zero-order chi connectivity index (χ0) is 12.5. The first-order chi connectivity index (χ1) is 8.01. The lowest BCUT2D eigenvalue weighted by atomic mass is 9.80. The maximum atomic E-state index is 11.2. The van der Waals surface area contributed by atoms with Gasteiger partial charge in [0.15, 0.2) is 0 Å². The Bertz CT molecular complexity index is 284. The summed E-state index contributed by atoms with van der Waals surface area (Å²) >= 11 is 0. The van der Waals surface area contributed by atoms with Crippen LogP contribution in [0.4, 0.5) is 0 Å². The molecule has 4 heteroatoms. The third-order valence-corrected chi connectivity index (χ3v) is 4.39. The van der Waals surface area contributed by atoms with E-state index in [4.69, 9.17) is 4.74 Å². The Morgan fingerprint density at radius 3 is 2.59 bits per heavy atom. The van der Waals surface area contributed by atoms with Gasteiger partial charge in [0.05, 0.1) is 11.5 Å². The zero-order valence-corrected chi connectivity index (χ0v) is 10.8. The highest BCUT2D eigenvalue weighted by Crippen LogP contribution is 2.33. The van der Waals surface area contributed by atoms with Crippen LogP contribution >= 0.6 is 0 Å². The second-order valence-corrected chi connectivity index (χ2v) is 5.76. The van der Waals surface area contributed by atoms with Crippen molar-refractivity contribution in [3.8, 4) is 0 Å². The molecule has 0 radical (unpaired) electrons. The average molecular weight is 241 g/mol. The number of hydrogen-bond acceptors (Lipinski definition) is 3. The summed E-state index contributed by atoms with van der Waals surface area (Å²) < 4.78 is 5.56. The lowest BCUT2D eigenvalue weighted by Crippen LogP contribution is -2.49. The first-order valence-corrected chi connectivity index (χ1v) is 6.60. The number of ether oxygens (including phenoxy) is 1. The van der Waals surface area contributed by atoms with Gasteiger partial charge in [0.25, 0.3) is 0 Å². The van der Waals surface area contributed by atoms with Crippen LogP contribution in [0.3, 0.4) is 0 Å². The fraction of sp³-hybridized carbons (Fsp3) is 0.923. The molecule has 0 amide bonds. The quantitative estimate of drug-likeness (QED) is 0.800. The molecule has 2 saturated heterocycles. The molecule has 0 bridgehead atoms. The van der Waals surface area contributed by atoms with Crippen molar-refractivity contribution < 1.29 is 14.6 Å². The molecule has 98 valence electrons. The van der Waals surface area contributed by atoms with E-state index >= 15 is 0 Å². The standard InChI is InChI=1S/C13H23NO3/c1-10-9-11(3-8-17-10)14-6-4-13(2,5-7-14)12(15)16/h10-11H,3-9H2,1-2H3,(H,15,16). The van der Waals surface area contributed by atoms with Gasteiger partial charge in [0, 0.05) is 12.6 Å². The van der Waals surface area contributed by atoms with Gasteiger partial charge in [-0.25, -0.2) is 0 Å². The third-order valence-electron chi connectivity index (χ3n) is 4.39. The predicted molar refractivity (Wildman–Crippen MR) is 65.0 cm³/mol. The lowest BCUT2D eigenvalue weighted by molar-refractivity contribution is -0.151. The number of likely N-dealkylation sites (tertiary alicyclic amines) is 1. The van der Waals surface area contributed by atoms with E-state index in [1.807, 2.05) is 6.92 Å². The number of carboxylic acids is 1. The summed E-state index contributed by atoms with van der Waals surface area (Å²) in [5.74, 6) is -0.641. The Morgan fingerprint density at radius 2 is 2.06 bits per heavy atom. The van der Waals surface area contributed by atoms with Crippen LogP contribution in [-0.2, 0) is 9.53 Å². The van der Waals surface area contributed by atoms with Gasteiger partial charge in [-0.15, -0.1) is 0 Å². The molecule has 0 saturated carbocycles. The van der Waals surface area contributed by atoms with Gasteiger partial charge < -0.3 is 14.7 Å². The molecule has 4 nitrogen and oxygen atoms in total. The van der Waals surface area contributed by atoms with E-state index < -0.39 is 11.4 Å². The second kappa shape index (κ2) is 4.94. The highest BCUT2D eigenvalue weighted by molar-refractivity contribution is 5.74. The van der Waals surface area contributed by atoms with Crippen LogP contribution in [0.25, 0.3) is 0 Å². The SMILES string of the molecule is CC1CC(N2CCC(C)(C(=O)O)CC2)CCO1. The molecule has 1 N–H and O–H groups in total. The predicted octanol–water partition coefficient (Wildman–Crippen LogP) is 1.74. The Kier molecular flexibility index (Phi) is 3.73. The molecule has 0 spiro atoms. The van der Waals surface area contributed by atoms with Crippen molar-refractivity contribution in [2.75, 3.05) is 19.7 Å². The van der Waals surface area contributed by atoms with Crippen molar-refractivity contribution in [2.45, 2.75) is 51.7 Å².